The molecule has 0 unspecified atom stereocenters. The zero-order valence-corrected chi connectivity index (χ0v) is 19.9. The van der Waals surface area contributed by atoms with E-state index in [1.165, 1.54) is 16.4 Å². The molecule has 0 aliphatic carbocycles. The van der Waals surface area contributed by atoms with Crippen molar-refractivity contribution < 1.29 is 22.3 Å². The third-order valence-corrected chi connectivity index (χ3v) is 8.99. The first-order chi connectivity index (χ1) is 15.8. The number of amides is 1. The molecule has 1 atom stereocenters. The number of nitrogens with zero attached hydrogens (tertiary/aromatic N) is 1. The van der Waals surface area contributed by atoms with Gasteiger partial charge in [-0.2, -0.15) is 4.31 Å². The number of halogens is 1. The number of hydrogen-bond acceptors (Lipinski definition) is 4. The van der Waals surface area contributed by atoms with Crippen molar-refractivity contribution in [3.05, 3.63) is 59.9 Å². The molecule has 0 saturated carbocycles. The fourth-order valence-electron chi connectivity index (χ4n) is 4.83. The van der Waals surface area contributed by atoms with E-state index in [4.69, 9.17) is 4.74 Å². The van der Waals surface area contributed by atoms with Crippen molar-refractivity contribution in [2.24, 2.45) is 5.92 Å². The molecule has 2 heterocycles. The predicted octanol–water partition coefficient (Wildman–Crippen LogP) is 4.43. The highest BCUT2D eigenvalue weighted by Gasteiger charge is 2.40. The van der Waals surface area contributed by atoms with Crippen molar-refractivity contribution in [2.75, 3.05) is 13.1 Å². The quantitative estimate of drug-likeness (QED) is 0.672. The molecule has 6 nitrogen and oxygen atoms in total. The Bertz CT molecular complexity index is 1090. The number of benzene rings is 2. The van der Waals surface area contributed by atoms with Gasteiger partial charge in [0, 0.05) is 31.0 Å². The highest BCUT2D eigenvalue weighted by molar-refractivity contribution is 7.89. The number of hydrogen-bond donors (Lipinski definition) is 1. The lowest BCUT2D eigenvalue weighted by atomic mass is 9.83. The van der Waals surface area contributed by atoms with Gasteiger partial charge in [-0.15, -0.1) is 0 Å². The predicted molar refractivity (Wildman–Crippen MR) is 124 cm³/mol. The van der Waals surface area contributed by atoms with Crippen molar-refractivity contribution in [1.29, 1.82) is 0 Å². The lowest BCUT2D eigenvalue weighted by Crippen LogP contribution is -2.47. The summed E-state index contributed by atoms with van der Waals surface area (Å²) in [5.74, 6) is 0.0427. The van der Waals surface area contributed by atoms with Crippen molar-refractivity contribution in [1.82, 2.24) is 9.62 Å². The van der Waals surface area contributed by atoms with Crippen molar-refractivity contribution >= 4 is 15.9 Å². The molecule has 33 heavy (non-hydrogen) atoms. The van der Waals surface area contributed by atoms with E-state index in [1.807, 2.05) is 24.3 Å². The van der Waals surface area contributed by atoms with E-state index in [2.05, 4.69) is 19.2 Å². The summed E-state index contributed by atoms with van der Waals surface area (Å²) in [7, 11) is -3.70. The Kier molecular flexibility index (Phi) is 6.77. The molecule has 2 aromatic carbocycles. The summed E-state index contributed by atoms with van der Waals surface area (Å²) in [6, 6.07) is 12.5. The topological polar surface area (TPSA) is 75.7 Å². The van der Waals surface area contributed by atoms with Gasteiger partial charge in [-0.1, -0.05) is 32.0 Å². The Morgan fingerprint density at radius 2 is 1.73 bits per heavy atom. The second-order valence-corrected chi connectivity index (χ2v) is 10.9. The number of rotatable bonds is 6. The van der Waals surface area contributed by atoms with E-state index in [9.17, 15) is 17.6 Å². The number of ether oxygens (including phenoxy) is 1. The molecule has 2 aromatic rings. The van der Waals surface area contributed by atoms with Gasteiger partial charge in [0.25, 0.3) is 0 Å². The van der Waals surface area contributed by atoms with Crippen LogP contribution in [0.3, 0.4) is 0 Å². The third-order valence-electron chi connectivity index (χ3n) is 7.08. The van der Waals surface area contributed by atoms with Crippen LogP contribution in [0, 0.1) is 11.7 Å². The summed E-state index contributed by atoms with van der Waals surface area (Å²) < 4.78 is 46.6. The van der Waals surface area contributed by atoms with Crippen molar-refractivity contribution in [2.45, 2.75) is 62.5 Å². The molecule has 2 aliphatic rings. The molecule has 1 N–H and O–H groups in total. The molecule has 1 saturated heterocycles. The number of carbonyl (C=O) groups is 1. The summed E-state index contributed by atoms with van der Waals surface area (Å²) >= 11 is 0. The van der Waals surface area contributed by atoms with E-state index < -0.39 is 15.8 Å². The van der Waals surface area contributed by atoms with Crippen LogP contribution in [0.15, 0.2) is 53.4 Å². The molecule has 4 rings (SSSR count). The zero-order chi connectivity index (χ0) is 23.6. The first-order valence-corrected chi connectivity index (χ1v) is 13.1. The number of para-hydroxylation sites is 1. The highest BCUT2D eigenvalue weighted by Crippen LogP contribution is 2.42. The fourth-order valence-corrected chi connectivity index (χ4v) is 6.30. The normalized spacial score (nSPS) is 21.1. The average molecular weight is 475 g/mol. The van der Waals surface area contributed by atoms with E-state index in [1.54, 1.807) is 0 Å². The van der Waals surface area contributed by atoms with Crippen LogP contribution in [0.1, 0.15) is 57.6 Å². The Balaban J connectivity index is 1.42. The number of carbonyl (C=O) groups excluding carboxylic acids is 1. The van der Waals surface area contributed by atoms with Gasteiger partial charge >= 0.3 is 0 Å². The van der Waals surface area contributed by atoms with Crippen molar-refractivity contribution in [3.63, 3.8) is 0 Å². The first-order valence-electron chi connectivity index (χ1n) is 11.6. The fraction of sp³-hybridized carbons (Fsp3) is 0.480. The number of fused-ring (bicyclic) bond motifs is 1. The highest BCUT2D eigenvalue weighted by atomic mass is 32.2. The summed E-state index contributed by atoms with van der Waals surface area (Å²) in [5, 5.41) is 3.23. The van der Waals surface area contributed by atoms with Gasteiger partial charge < -0.3 is 10.1 Å². The summed E-state index contributed by atoms with van der Waals surface area (Å²) in [6.07, 6.45) is 3.31. The van der Waals surface area contributed by atoms with Crippen LogP contribution in [0.5, 0.6) is 5.75 Å². The van der Waals surface area contributed by atoms with Gasteiger partial charge in [-0.25, -0.2) is 12.8 Å². The van der Waals surface area contributed by atoms with Crippen LogP contribution in [-0.4, -0.2) is 37.3 Å². The maximum atomic E-state index is 13.2. The lowest BCUT2D eigenvalue weighted by molar-refractivity contribution is -0.127. The number of piperidine rings is 1. The van der Waals surface area contributed by atoms with Crippen LogP contribution < -0.4 is 10.1 Å². The summed E-state index contributed by atoms with van der Waals surface area (Å²) in [6.45, 7) is 4.73. The minimum atomic E-state index is -3.70. The van der Waals surface area contributed by atoms with Crippen LogP contribution in [0.4, 0.5) is 4.39 Å². The standard InChI is InChI=1S/C25H31FN2O4S/c1-3-25(4-2)17-22(21-7-5-6-8-23(21)32-25)27-24(29)18-13-15-28(16-14-18)33(30,31)20-11-9-19(26)10-12-20/h5-12,18,22H,3-4,13-17H2,1-2H3,(H,27,29)/t22-/m0/s1. The number of nitrogens with one attached hydrogen (secondary N) is 1. The molecule has 0 bridgehead atoms. The van der Waals surface area contributed by atoms with E-state index in [0.29, 0.717) is 19.3 Å². The van der Waals surface area contributed by atoms with Crippen LogP contribution in [0.25, 0.3) is 0 Å². The Morgan fingerprint density at radius 3 is 2.36 bits per heavy atom. The second kappa shape index (κ2) is 9.43. The smallest absolute Gasteiger partial charge is 0.243 e. The maximum absolute atomic E-state index is 13.2. The van der Waals surface area contributed by atoms with Crippen molar-refractivity contribution in [3.8, 4) is 5.75 Å². The minimum Gasteiger partial charge on any atom is -0.487 e. The van der Waals surface area contributed by atoms with Gasteiger partial charge in [-0.3, -0.25) is 4.79 Å². The molecule has 0 aromatic heterocycles. The summed E-state index contributed by atoms with van der Waals surface area (Å²) in [4.78, 5) is 13.2. The maximum Gasteiger partial charge on any atom is 0.243 e. The largest absolute Gasteiger partial charge is 0.487 e. The monoisotopic (exact) mass is 474 g/mol. The van der Waals surface area contributed by atoms with Crippen LogP contribution >= 0.6 is 0 Å². The van der Waals surface area contributed by atoms with E-state index in [0.717, 1.165) is 36.3 Å². The minimum absolute atomic E-state index is 0.0448. The third kappa shape index (κ3) is 4.77. The molecule has 178 valence electrons. The van der Waals surface area contributed by atoms with Gasteiger partial charge in [0.05, 0.1) is 10.9 Å². The molecule has 1 amide bonds. The van der Waals surface area contributed by atoms with E-state index in [-0.39, 0.29) is 41.5 Å². The van der Waals surface area contributed by atoms with E-state index >= 15 is 0 Å². The van der Waals surface area contributed by atoms with Crippen LogP contribution in [0.2, 0.25) is 0 Å². The van der Waals surface area contributed by atoms with Gasteiger partial charge in [-0.05, 0) is 56.0 Å². The molecular weight excluding hydrogens is 443 g/mol. The van der Waals surface area contributed by atoms with Gasteiger partial charge in [0.15, 0.2) is 0 Å². The Hall–Kier alpha value is -2.45. The lowest BCUT2D eigenvalue weighted by Gasteiger charge is -2.42. The molecule has 2 aliphatic heterocycles. The Morgan fingerprint density at radius 1 is 1.09 bits per heavy atom. The molecular formula is C25H31FN2O4S. The first kappa shape index (κ1) is 23.7. The average Bonchev–Trinajstić information content (AvgIpc) is 2.84. The van der Waals surface area contributed by atoms with Gasteiger partial charge in [0.1, 0.15) is 17.2 Å². The molecule has 1 fully saturated rings. The SMILES string of the molecule is CCC1(CC)C[C@H](NC(=O)C2CCN(S(=O)(=O)c3ccc(F)cc3)CC2)c2ccccc2O1. The molecule has 8 heteroatoms. The molecule has 0 spiro atoms. The van der Waals surface area contributed by atoms with Gasteiger partial charge in [0.2, 0.25) is 15.9 Å². The second-order valence-electron chi connectivity index (χ2n) is 8.93. The summed E-state index contributed by atoms with van der Waals surface area (Å²) in [5.41, 5.74) is 0.679. The van der Waals surface area contributed by atoms with Crippen LogP contribution in [-0.2, 0) is 14.8 Å². The number of sulfonamides is 1. The molecule has 0 radical (unpaired) electrons. The Labute approximate surface area is 195 Å². The zero-order valence-electron chi connectivity index (χ0n) is 19.1.